The number of carbonyl (C=O) groups is 2. The molecule has 0 radical (unpaired) electrons. The van der Waals surface area contributed by atoms with Crippen molar-refractivity contribution in [3.05, 3.63) is 64.7 Å². The normalized spacial score (nSPS) is 10.3. The number of carbonyl (C=O) groups excluding carboxylic acids is 2. The lowest BCUT2D eigenvalue weighted by atomic mass is 10.1. The van der Waals surface area contributed by atoms with Gasteiger partial charge in [0, 0.05) is 24.4 Å². The van der Waals surface area contributed by atoms with Crippen LogP contribution in [0.4, 0.5) is 5.69 Å². The molecule has 0 aliphatic rings. The summed E-state index contributed by atoms with van der Waals surface area (Å²) in [6.45, 7) is 0.985. The van der Waals surface area contributed by atoms with Crippen LogP contribution in [0.5, 0.6) is 0 Å². The highest BCUT2D eigenvalue weighted by molar-refractivity contribution is 6.30. The van der Waals surface area contributed by atoms with Gasteiger partial charge in [0.25, 0.3) is 0 Å². The molecule has 0 saturated carbocycles. The molecule has 0 heterocycles. The fourth-order valence-electron chi connectivity index (χ4n) is 2.24. The largest absolute Gasteiger partial charge is 0.383 e. The molecule has 0 atom stereocenters. The van der Waals surface area contributed by atoms with Crippen molar-refractivity contribution in [3.63, 3.8) is 0 Å². The van der Waals surface area contributed by atoms with Crippen LogP contribution in [0.2, 0.25) is 5.02 Å². The third kappa shape index (κ3) is 6.95. The molecule has 2 aromatic rings. The molecule has 132 valence electrons. The van der Waals surface area contributed by atoms with Crippen molar-refractivity contribution >= 4 is 29.1 Å². The van der Waals surface area contributed by atoms with Crippen LogP contribution in [-0.2, 0) is 27.2 Å². The highest BCUT2D eigenvalue weighted by Gasteiger charge is 2.06. The lowest BCUT2D eigenvalue weighted by Crippen LogP contribution is -2.28. The molecule has 0 aliphatic heterocycles. The Balaban J connectivity index is 1.82. The third-order valence-electron chi connectivity index (χ3n) is 3.51. The van der Waals surface area contributed by atoms with Gasteiger partial charge in [-0.05, 0) is 35.4 Å². The van der Waals surface area contributed by atoms with Crippen molar-refractivity contribution in [1.29, 1.82) is 0 Å². The zero-order valence-corrected chi connectivity index (χ0v) is 14.8. The first-order valence-electron chi connectivity index (χ1n) is 7.95. The summed E-state index contributed by atoms with van der Waals surface area (Å²) in [4.78, 5) is 23.8. The van der Waals surface area contributed by atoms with Gasteiger partial charge in [-0.25, -0.2) is 0 Å². The van der Waals surface area contributed by atoms with Crippen LogP contribution in [0.3, 0.4) is 0 Å². The number of methoxy groups -OCH3 is 1. The van der Waals surface area contributed by atoms with E-state index in [4.69, 9.17) is 16.3 Å². The smallest absolute Gasteiger partial charge is 0.228 e. The molecule has 0 aliphatic carbocycles. The summed E-state index contributed by atoms with van der Waals surface area (Å²) in [7, 11) is 1.59. The van der Waals surface area contributed by atoms with Crippen molar-refractivity contribution in [2.24, 2.45) is 0 Å². The van der Waals surface area contributed by atoms with Crippen molar-refractivity contribution in [2.45, 2.75) is 12.8 Å². The van der Waals surface area contributed by atoms with E-state index in [0.29, 0.717) is 30.3 Å². The van der Waals surface area contributed by atoms with Crippen LogP contribution in [0.25, 0.3) is 0 Å². The molecule has 2 aromatic carbocycles. The maximum absolute atomic E-state index is 12.1. The minimum atomic E-state index is -0.104. The minimum Gasteiger partial charge on any atom is -0.383 e. The summed E-state index contributed by atoms with van der Waals surface area (Å²) < 4.78 is 4.88. The number of nitrogens with one attached hydrogen (secondary N) is 2. The second kappa shape index (κ2) is 9.81. The van der Waals surface area contributed by atoms with E-state index in [9.17, 15) is 9.59 Å². The van der Waals surface area contributed by atoms with E-state index in [1.807, 2.05) is 24.3 Å². The van der Waals surface area contributed by atoms with Gasteiger partial charge in [0.05, 0.1) is 19.4 Å². The summed E-state index contributed by atoms with van der Waals surface area (Å²) in [6.07, 6.45) is 0.573. The third-order valence-corrected chi connectivity index (χ3v) is 3.76. The molecule has 5 nitrogen and oxygen atoms in total. The van der Waals surface area contributed by atoms with E-state index in [2.05, 4.69) is 10.6 Å². The molecule has 2 N–H and O–H groups in total. The topological polar surface area (TPSA) is 67.4 Å². The molecule has 6 heteroatoms. The maximum atomic E-state index is 12.1. The molecule has 0 bridgehead atoms. The summed E-state index contributed by atoms with van der Waals surface area (Å²) in [5.41, 5.74) is 2.47. The predicted octanol–water partition coefficient (Wildman–Crippen LogP) is 2.83. The van der Waals surface area contributed by atoms with Crippen LogP contribution >= 0.6 is 11.6 Å². The van der Waals surface area contributed by atoms with Crippen molar-refractivity contribution in [2.75, 3.05) is 25.6 Å². The average molecular weight is 361 g/mol. The second-order valence-electron chi connectivity index (χ2n) is 5.57. The fraction of sp³-hybridized carbons (Fsp3) is 0.263. The Hall–Kier alpha value is -2.37. The zero-order valence-electron chi connectivity index (χ0n) is 14.0. The summed E-state index contributed by atoms with van der Waals surface area (Å²) in [5, 5.41) is 6.25. The van der Waals surface area contributed by atoms with E-state index in [0.717, 1.165) is 11.1 Å². The number of hydrogen-bond acceptors (Lipinski definition) is 3. The number of hydrogen-bond donors (Lipinski definition) is 2. The lowest BCUT2D eigenvalue weighted by Gasteiger charge is -2.08. The average Bonchev–Trinajstić information content (AvgIpc) is 2.59. The number of benzene rings is 2. The summed E-state index contributed by atoms with van der Waals surface area (Å²) >= 11 is 5.83. The van der Waals surface area contributed by atoms with Crippen LogP contribution < -0.4 is 10.6 Å². The maximum Gasteiger partial charge on any atom is 0.228 e. The molecule has 2 amide bonds. The number of amides is 2. The van der Waals surface area contributed by atoms with E-state index in [1.54, 1.807) is 31.4 Å². The Bertz CT molecular complexity index is 700. The van der Waals surface area contributed by atoms with Gasteiger partial charge >= 0.3 is 0 Å². The molecule has 0 fully saturated rings. The Morgan fingerprint density at radius 3 is 2.08 bits per heavy atom. The van der Waals surface area contributed by atoms with Gasteiger partial charge in [0.15, 0.2) is 0 Å². The molecule has 2 rings (SSSR count). The van der Waals surface area contributed by atoms with Crippen LogP contribution in [-0.4, -0.2) is 32.1 Å². The van der Waals surface area contributed by atoms with Gasteiger partial charge in [0.1, 0.15) is 0 Å². The quantitative estimate of drug-likeness (QED) is 0.711. The van der Waals surface area contributed by atoms with Gasteiger partial charge in [-0.3, -0.25) is 9.59 Å². The van der Waals surface area contributed by atoms with Gasteiger partial charge in [0.2, 0.25) is 11.8 Å². The van der Waals surface area contributed by atoms with E-state index < -0.39 is 0 Å². The number of ether oxygens (including phenoxy) is 1. The second-order valence-corrected chi connectivity index (χ2v) is 6.00. The Labute approximate surface area is 152 Å². The monoisotopic (exact) mass is 360 g/mol. The first-order chi connectivity index (χ1) is 12.1. The van der Waals surface area contributed by atoms with Gasteiger partial charge in [-0.15, -0.1) is 0 Å². The van der Waals surface area contributed by atoms with Crippen LogP contribution in [0.1, 0.15) is 11.1 Å². The van der Waals surface area contributed by atoms with Crippen LogP contribution in [0.15, 0.2) is 48.5 Å². The molecule has 0 aromatic heterocycles. The zero-order chi connectivity index (χ0) is 18.1. The van der Waals surface area contributed by atoms with Gasteiger partial charge in [-0.1, -0.05) is 35.9 Å². The standard InChI is InChI=1S/C19H21ClN2O3/c1-25-11-10-21-18(23)12-15-4-8-17(9-5-15)22-19(24)13-14-2-6-16(20)7-3-14/h2-9H,10-13H2,1H3,(H,21,23)(H,22,24). The van der Waals surface area contributed by atoms with E-state index in [1.165, 1.54) is 0 Å². The molecular formula is C19H21ClN2O3. The predicted molar refractivity (Wildman–Crippen MR) is 98.8 cm³/mol. The summed E-state index contributed by atoms with van der Waals surface area (Å²) in [6, 6.07) is 14.4. The van der Waals surface area contributed by atoms with Crippen molar-refractivity contribution in [3.8, 4) is 0 Å². The van der Waals surface area contributed by atoms with Crippen molar-refractivity contribution in [1.82, 2.24) is 5.32 Å². The first-order valence-corrected chi connectivity index (χ1v) is 8.33. The van der Waals surface area contributed by atoms with Gasteiger partial charge < -0.3 is 15.4 Å². The lowest BCUT2D eigenvalue weighted by molar-refractivity contribution is -0.120. The number of rotatable bonds is 8. The Kier molecular flexibility index (Phi) is 7.44. The van der Waals surface area contributed by atoms with Gasteiger partial charge in [-0.2, -0.15) is 0 Å². The highest BCUT2D eigenvalue weighted by atomic mass is 35.5. The number of halogens is 1. The molecule has 0 unspecified atom stereocenters. The molecular weight excluding hydrogens is 340 g/mol. The summed E-state index contributed by atoms with van der Waals surface area (Å²) in [5.74, 6) is -0.163. The number of anilines is 1. The highest BCUT2D eigenvalue weighted by Crippen LogP contribution is 2.13. The SMILES string of the molecule is COCCNC(=O)Cc1ccc(NC(=O)Cc2ccc(Cl)cc2)cc1. The molecule has 0 saturated heterocycles. The minimum absolute atomic E-state index is 0.0587. The Morgan fingerprint density at radius 2 is 1.48 bits per heavy atom. The van der Waals surface area contributed by atoms with Crippen LogP contribution in [0, 0.1) is 0 Å². The van der Waals surface area contributed by atoms with Crippen molar-refractivity contribution < 1.29 is 14.3 Å². The molecule has 0 spiro atoms. The van der Waals surface area contributed by atoms with E-state index in [-0.39, 0.29) is 18.2 Å². The Morgan fingerprint density at radius 1 is 0.920 bits per heavy atom. The van der Waals surface area contributed by atoms with E-state index >= 15 is 0 Å². The molecule has 25 heavy (non-hydrogen) atoms. The first kappa shape index (κ1) is 19.0. The fourth-order valence-corrected chi connectivity index (χ4v) is 2.37.